The highest BCUT2D eigenvalue weighted by Gasteiger charge is 2.12. The third-order valence-electron chi connectivity index (χ3n) is 4.67. The fraction of sp³-hybridized carbons (Fsp3) is 0.0833. The van der Waals surface area contributed by atoms with E-state index in [-0.39, 0.29) is 5.56 Å². The summed E-state index contributed by atoms with van der Waals surface area (Å²) in [6.45, 7) is 1.87. The molecule has 0 aliphatic heterocycles. The molecule has 0 bridgehead atoms. The minimum atomic E-state index is -0.934. The van der Waals surface area contributed by atoms with Crippen molar-refractivity contribution >= 4 is 29.2 Å². The van der Waals surface area contributed by atoms with Crippen molar-refractivity contribution in [3.63, 3.8) is 0 Å². The molecule has 1 aromatic heterocycles. The van der Waals surface area contributed by atoms with Gasteiger partial charge in [-0.25, -0.2) is 9.78 Å². The number of hydrogen-bond acceptors (Lipinski definition) is 2. The zero-order chi connectivity index (χ0) is 19.5. The molecule has 4 rings (SSSR count). The monoisotopic (exact) mass is 368 g/mol. The molecular formula is C24H20N2O2. The zero-order valence-electron chi connectivity index (χ0n) is 15.5. The van der Waals surface area contributed by atoms with Crippen molar-refractivity contribution in [3.8, 4) is 0 Å². The maximum absolute atomic E-state index is 11.4. The second-order valence-electron chi connectivity index (χ2n) is 6.82. The van der Waals surface area contributed by atoms with Gasteiger partial charge in [-0.1, -0.05) is 66.7 Å². The van der Waals surface area contributed by atoms with Crippen molar-refractivity contribution in [2.45, 2.75) is 13.3 Å². The highest BCUT2D eigenvalue weighted by atomic mass is 16.4. The number of carbonyl (C=O) groups is 1. The topological polar surface area (TPSA) is 66.0 Å². The summed E-state index contributed by atoms with van der Waals surface area (Å²) in [7, 11) is 0. The number of carboxylic acid groups (broad SMARTS) is 1. The zero-order valence-corrected chi connectivity index (χ0v) is 15.5. The largest absolute Gasteiger partial charge is 0.478 e. The van der Waals surface area contributed by atoms with Gasteiger partial charge in [-0.05, 0) is 47.7 Å². The average molecular weight is 368 g/mol. The smallest absolute Gasteiger partial charge is 0.335 e. The van der Waals surface area contributed by atoms with Crippen molar-refractivity contribution in [1.82, 2.24) is 9.97 Å². The predicted molar refractivity (Wildman–Crippen MR) is 112 cm³/mol. The van der Waals surface area contributed by atoms with Gasteiger partial charge in [0.1, 0.15) is 5.82 Å². The SMILES string of the molecule is Cc1nc2c(Cc3ccc(C=Cc4ccccc4)cc3)cc(C(=O)O)cc2[nH]1. The van der Waals surface area contributed by atoms with Crippen LogP contribution in [0.1, 0.15) is 38.4 Å². The van der Waals surface area contributed by atoms with Crippen LogP contribution < -0.4 is 0 Å². The molecule has 0 aliphatic rings. The summed E-state index contributed by atoms with van der Waals surface area (Å²) in [6.07, 6.45) is 4.80. The van der Waals surface area contributed by atoms with E-state index in [2.05, 4.69) is 58.5 Å². The number of H-pyrrole nitrogens is 1. The Balaban J connectivity index is 1.59. The molecule has 0 saturated carbocycles. The van der Waals surface area contributed by atoms with Gasteiger partial charge in [0.05, 0.1) is 16.6 Å². The van der Waals surface area contributed by atoms with Crippen LogP contribution in [0.15, 0.2) is 66.7 Å². The van der Waals surface area contributed by atoms with Crippen LogP contribution in [0.3, 0.4) is 0 Å². The number of aromatic nitrogens is 2. The van der Waals surface area contributed by atoms with Gasteiger partial charge in [0, 0.05) is 0 Å². The Hall–Kier alpha value is -3.66. The lowest BCUT2D eigenvalue weighted by molar-refractivity contribution is 0.0697. The fourth-order valence-electron chi connectivity index (χ4n) is 3.29. The molecule has 4 aromatic rings. The Morgan fingerprint density at radius 3 is 2.36 bits per heavy atom. The van der Waals surface area contributed by atoms with Crippen LogP contribution in [0.2, 0.25) is 0 Å². The van der Waals surface area contributed by atoms with E-state index < -0.39 is 5.97 Å². The molecule has 28 heavy (non-hydrogen) atoms. The number of nitrogens with one attached hydrogen (secondary N) is 1. The number of imidazole rings is 1. The van der Waals surface area contributed by atoms with Crippen LogP contribution in [0.25, 0.3) is 23.2 Å². The van der Waals surface area contributed by atoms with Crippen LogP contribution in [-0.4, -0.2) is 21.0 Å². The lowest BCUT2D eigenvalue weighted by atomic mass is 10.00. The van der Waals surface area contributed by atoms with Crippen molar-refractivity contribution in [2.24, 2.45) is 0 Å². The Morgan fingerprint density at radius 2 is 1.68 bits per heavy atom. The third kappa shape index (κ3) is 3.86. The molecule has 4 nitrogen and oxygen atoms in total. The van der Waals surface area contributed by atoms with E-state index in [0.717, 1.165) is 39.1 Å². The summed E-state index contributed by atoms with van der Waals surface area (Å²) in [5, 5.41) is 9.39. The first-order valence-electron chi connectivity index (χ1n) is 9.13. The van der Waals surface area contributed by atoms with Crippen LogP contribution in [0, 0.1) is 6.92 Å². The van der Waals surface area contributed by atoms with Crippen LogP contribution in [-0.2, 0) is 6.42 Å². The highest BCUT2D eigenvalue weighted by Crippen LogP contribution is 2.23. The molecule has 0 saturated heterocycles. The summed E-state index contributed by atoms with van der Waals surface area (Å²) in [4.78, 5) is 19.1. The van der Waals surface area contributed by atoms with Crippen LogP contribution in [0.4, 0.5) is 0 Å². The first kappa shape index (κ1) is 17.7. The molecule has 0 spiro atoms. The van der Waals surface area contributed by atoms with Crippen LogP contribution >= 0.6 is 0 Å². The number of aromatic carboxylic acids is 1. The van der Waals surface area contributed by atoms with E-state index in [4.69, 9.17) is 0 Å². The number of carboxylic acids is 1. The van der Waals surface area contributed by atoms with Crippen molar-refractivity contribution in [2.75, 3.05) is 0 Å². The molecule has 0 aliphatic carbocycles. The predicted octanol–water partition coefficient (Wildman–Crippen LogP) is 5.33. The normalized spacial score (nSPS) is 11.3. The Morgan fingerprint density at radius 1 is 1.00 bits per heavy atom. The fourth-order valence-corrected chi connectivity index (χ4v) is 3.29. The summed E-state index contributed by atoms with van der Waals surface area (Å²) in [5.74, 6) is -0.156. The number of rotatable bonds is 5. The van der Waals surface area contributed by atoms with Gasteiger partial charge in [0.2, 0.25) is 0 Å². The number of nitrogens with zero attached hydrogens (tertiary/aromatic N) is 1. The molecule has 0 atom stereocenters. The highest BCUT2D eigenvalue weighted by molar-refractivity contribution is 5.93. The summed E-state index contributed by atoms with van der Waals surface area (Å²) < 4.78 is 0. The second kappa shape index (κ2) is 7.53. The Kier molecular flexibility index (Phi) is 4.77. The third-order valence-corrected chi connectivity index (χ3v) is 4.67. The molecule has 138 valence electrons. The van der Waals surface area contributed by atoms with Gasteiger partial charge in [-0.3, -0.25) is 0 Å². The molecule has 0 radical (unpaired) electrons. The standard InChI is InChI=1S/C24H20N2O2/c1-16-25-22-15-21(24(27)28)14-20(23(22)26-16)13-19-11-9-18(10-12-19)8-7-17-5-3-2-4-6-17/h2-12,14-15H,13H2,1H3,(H,25,26)(H,27,28). The van der Waals surface area contributed by atoms with E-state index in [1.807, 2.05) is 25.1 Å². The molecule has 0 unspecified atom stereocenters. The van der Waals surface area contributed by atoms with Gasteiger partial charge < -0.3 is 10.1 Å². The van der Waals surface area contributed by atoms with Crippen LogP contribution in [0.5, 0.6) is 0 Å². The number of aromatic amines is 1. The first-order chi connectivity index (χ1) is 13.6. The van der Waals surface area contributed by atoms with E-state index in [1.165, 1.54) is 0 Å². The number of benzene rings is 3. The van der Waals surface area contributed by atoms with Gasteiger partial charge in [-0.15, -0.1) is 0 Å². The van der Waals surface area contributed by atoms with Gasteiger partial charge in [0.25, 0.3) is 0 Å². The van der Waals surface area contributed by atoms with Crippen molar-refractivity contribution in [1.29, 1.82) is 0 Å². The molecular weight excluding hydrogens is 348 g/mol. The first-order valence-corrected chi connectivity index (χ1v) is 9.13. The number of hydrogen-bond donors (Lipinski definition) is 2. The molecule has 3 aromatic carbocycles. The Bertz CT molecular complexity index is 1160. The Labute approximate surface area is 163 Å². The van der Waals surface area contributed by atoms with Gasteiger partial charge >= 0.3 is 5.97 Å². The summed E-state index contributed by atoms with van der Waals surface area (Å²) in [5.41, 5.74) is 6.16. The maximum Gasteiger partial charge on any atom is 0.335 e. The van der Waals surface area contributed by atoms with E-state index in [9.17, 15) is 9.90 Å². The summed E-state index contributed by atoms with van der Waals surface area (Å²) in [6, 6.07) is 21.8. The number of fused-ring (bicyclic) bond motifs is 1. The molecule has 0 amide bonds. The average Bonchev–Trinajstić information content (AvgIpc) is 3.08. The number of aryl methyl sites for hydroxylation is 1. The lowest BCUT2D eigenvalue weighted by Crippen LogP contribution is -1.99. The minimum absolute atomic E-state index is 0.272. The summed E-state index contributed by atoms with van der Waals surface area (Å²) >= 11 is 0. The lowest BCUT2D eigenvalue weighted by Gasteiger charge is -2.06. The maximum atomic E-state index is 11.4. The van der Waals surface area contributed by atoms with Gasteiger partial charge in [0.15, 0.2) is 0 Å². The second-order valence-corrected chi connectivity index (χ2v) is 6.82. The molecule has 4 heteroatoms. The quantitative estimate of drug-likeness (QED) is 0.468. The van der Waals surface area contributed by atoms with E-state index in [1.54, 1.807) is 12.1 Å². The van der Waals surface area contributed by atoms with E-state index in [0.29, 0.717) is 6.42 Å². The molecule has 2 N–H and O–H groups in total. The van der Waals surface area contributed by atoms with Crippen molar-refractivity contribution < 1.29 is 9.90 Å². The van der Waals surface area contributed by atoms with Crippen molar-refractivity contribution in [3.05, 3.63) is 100 Å². The molecule has 1 heterocycles. The van der Waals surface area contributed by atoms with Gasteiger partial charge in [-0.2, -0.15) is 0 Å². The van der Waals surface area contributed by atoms with E-state index >= 15 is 0 Å². The minimum Gasteiger partial charge on any atom is -0.478 e. The molecule has 0 fully saturated rings.